The van der Waals surface area contributed by atoms with Crippen LogP contribution < -0.4 is 0 Å². The fraction of sp³-hybridized carbons (Fsp3) is 0.917. The number of rotatable bonds is 1. The molecule has 2 saturated heterocycles. The maximum Gasteiger partial charge on any atom is 0.309 e. The van der Waals surface area contributed by atoms with Crippen LogP contribution in [0.3, 0.4) is 0 Å². The standard InChI is InChI=1S/C12H18O2/c1-2-12-5-8-3-9(6-12)11(13)14-10(4-8)7-12/h8-10H,2-7H2,1H3. The maximum atomic E-state index is 11.7. The van der Waals surface area contributed by atoms with Crippen molar-refractivity contribution >= 4 is 5.97 Å². The molecule has 0 spiro atoms. The second kappa shape index (κ2) is 2.74. The van der Waals surface area contributed by atoms with Gasteiger partial charge in [0.25, 0.3) is 0 Å². The average molecular weight is 194 g/mol. The molecule has 2 aliphatic carbocycles. The maximum absolute atomic E-state index is 11.7. The van der Waals surface area contributed by atoms with Crippen molar-refractivity contribution in [3.8, 4) is 0 Å². The van der Waals surface area contributed by atoms with Crippen LogP contribution in [0.15, 0.2) is 0 Å². The zero-order chi connectivity index (χ0) is 9.76. The van der Waals surface area contributed by atoms with E-state index in [1.54, 1.807) is 0 Å². The number of ether oxygens (including phenoxy) is 1. The van der Waals surface area contributed by atoms with E-state index >= 15 is 0 Å². The molecule has 0 aromatic carbocycles. The number of carbonyl (C=O) groups excluding carboxylic acids is 1. The topological polar surface area (TPSA) is 26.3 Å². The molecule has 2 nitrogen and oxygen atoms in total. The summed E-state index contributed by atoms with van der Waals surface area (Å²) in [5.74, 6) is 1.12. The van der Waals surface area contributed by atoms with E-state index in [-0.39, 0.29) is 18.0 Å². The van der Waals surface area contributed by atoms with Crippen LogP contribution in [0.25, 0.3) is 0 Å². The predicted molar refractivity (Wildman–Crippen MR) is 52.7 cm³/mol. The Bertz CT molecular complexity index is 273. The lowest BCUT2D eigenvalue weighted by Crippen LogP contribution is -2.39. The molecule has 0 N–H and O–H groups in total. The minimum absolute atomic E-state index is 0.104. The molecule has 14 heavy (non-hydrogen) atoms. The van der Waals surface area contributed by atoms with Gasteiger partial charge >= 0.3 is 5.97 Å². The van der Waals surface area contributed by atoms with Crippen molar-refractivity contribution in [3.05, 3.63) is 0 Å². The SMILES string of the molecule is CCC12CC3CC(C1)OC(=O)C(C3)C2. The molecule has 0 amide bonds. The highest BCUT2D eigenvalue weighted by Gasteiger charge is 2.51. The molecule has 0 aromatic heterocycles. The molecule has 4 atom stereocenters. The second-order valence-corrected chi connectivity index (χ2v) is 5.56. The minimum atomic E-state index is 0.104. The summed E-state index contributed by atoms with van der Waals surface area (Å²) in [4.78, 5) is 11.7. The molecule has 0 aromatic rings. The summed E-state index contributed by atoms with van der Waals surface area (Å²) in [5, 5.41) is 0. The first-order valence-corrected chi connectivity index (χ1v) is 5.91. The molecule has 2 saturated carbocycles. The highest BCUT2D eigenvalue weighted by molar-refractivity contribution is 5.73. The van der Waals surface area contributed by atoms with Crippen molar-refractivity contribution in [3.63, 3.8) is 0 Å². The lowest BCUT2D eigenvalue weighted by Gasteiger charge is -2.46. The van der Waals surface area contributed by atoms with Crippen LogP contribution in [0, 0.1) is 17.3 Å². The van der Waals surface area contributed by atoms with Crippen LogP contribution in [0.2, 0.25) is 0 Å². The summed E-state index contributed by atoms with van der Waals surface area (Å²) < 4.78 is 5.52. The van der Waals surface area contributed by atoms with E-state index in [0.29, 0.717) is 5.41 Å². The number of hydrogen-bond donors (Lipinski definition) is 0. The van der Waals surface area contributed by atoms with Gasteiger partial charge in [0.15, 0.2) is 0 Å². The fourth-order valence-corrected chi connectivity index (χ4v) is 4.03. The molecule has 4 bridgehead atoms. The van der Waals surface area contributed by atoms with Gasteiger partial charge in [-0.1, -0.05) is 13.3 Å². The van der Waals surface area contributed by atoms with E-state index in [4.69, 9.17) is 4.74 Å². The van der Waals surface area contributed by atoms with Gasteiger partial charge in [-0.15, -0.1) is 0 Å². The third-order valence-corrected chi connectivity index (χ3v) is 4.64. The van der Waals surface area contributed by atoms with E-state index in [1.165, 1.54) is 12.8 Å². The van der Waals surface area contributed by atoms with Gasteiger partial charge in [-0.25, -0.2) is 0 Å². The fourth-order valence-electron chi connectivity index (χ4n) is 4.03. The Kier molecular flexibility index (Phi) is 1.71. The molecule has 4 aliphatic rings. The molecule has 4 rings (SSSR count). The largest absolute Gasteiger partial charge is 0.462 e. The summed E-state index contributed by atoms with van der Waals surface area (Å²) in [6.07, 6.45) is 7.34. The van der Waals surface area contributed by atoms with Crippen LogP contribution in [0.1, 0.15) is 45.4 Å². The van der Waals surface area contributed by atoms with Crippen LogP contribution in [0.4, 0.5) is 0 Å². The lowest BCUT2D eigenvalue weighted by molar-refractivity contribution is -0.151. The zero-order valence-electron chi connectivity index (χ0n) is 8.79. The van der Waals surface area contributed by atoms with Crippen LogP contribution in [0.5, 0.6) is 0 Å². The molecular formula is C12H18O2. The van der Waals surface area contributed by atoms with Crippen LogP contribution >= 0.6 is 0 Å². The smallest absolute Gasteiger partial charge is 0.309 e. The summed E-state index contributed by atoms with van der Waals surface area (Å²) >= 11 is 0. The van der Waals surface area contributed by atoms with Crippen molar-refractivity contribution in [2.24, 2.45) is 17.3 Å². The summed E-state index contributed by atoms with van der Waals surface area (Å²) in [7, 11) is 0. The van der Waals surface area contributed by atoms with Crippen molar-refractivity contribution in [2.45, 2.75) is 51.6 Å². The quantitative estimate of drug-likeness (QED) is 0.599. The Labute approximate surface area is 85.0 Å². The van der Waals surface area contributed by atoms with E-state index in [2.05, 4.69) is 6.92 Å². The van der Waals surface area contributed by atoms with E-state index in [9.17, 15) is 4.79 Å². The Morgan fingerprint density at radius 2 is 2.21 bits per heavy atom. The van der Waals surface area contributed by atoms with E-state index in [0.717, 1.165) is 31.6 Å². The first-order valence-electron chi connectivity index (χ1n) is 5.91. The summed E-state index contributed by atoms with van der Waals surface area (Å²) in [6, 6.07) is 0. The van der Waals surface area contributed by atoms with Gasteiger partial charge in [0.2, 0.25) is 0 Å². The van der Waals surface area contributed by atoms with Gasteiger partial charge < -0.3 is 4.74 Å². The average Bonchev–Trinajstić information content (AvgIpc) is 2.30. The lowest BCUT2D eigenvalue weighted by atomic mass is 9.58. The third-order valence-electron chi connectivity index (χ3n) is 4.64. The molecule has 4 fully saturated rings. The molecule has 4 unspecified atom stereocenters. The monoisotopic (exact) mass is 194 g/mol. The van der Waals surface area contributed by atoms with Crippen molar-refractivity contribution in [1.29, 1.82) is 0 Å². The summed E-state index contributed by atoms with van der Waals surface area (Å²) in [6.45, 7) is 2.28. The summed E-state index contributed by atoms with van der Waals surface area (Å²) in [5.41, 5.74) is 0.461. The van der Waals surface area contributed by atoms with Crippen LogP contribution in [-0.2, 0) is 9.53 Å². The van der Waals surface area contributed by atoms with Gasteiger partial charge in [0.05, 0.1) is 5.92 Å². The van der Waals surface area contributed by atoms with Gasteiger partial charge in [0, 0.05) is 0 Å². The Hall–Kier alpha value is -0.530. The number of hydrogen-bond acceptors (Lipinski definition) is 2. The molecule has 2 heterocycles. The van der Waals surface area contributed by atoms with Gasteiger partial charge in [-0.2, -0.15) is 0 Å². The molecule has 2 heteroatoms. The highest BCUT2D eigenvalue weighted by Crippen LogP contribution is 2.55. The normalized spacial score (nSPS) is 50.4. The zero-order valence-corrected chi connectivity index (χ0v) is 8.79. The number of fused-ring (bicyclic) bond motifs is 1. The van der Waals surface area contributed by atoms with Gasteiger partial charge in [-0.05, 0) is 43.4 Å². The minimum Gasteiger partial charge on any atom is -0.462 e. The molecule has 78 valence electrons. The van der Waals surface area contributed by atoms with Gasteiger partial charge in [0.1, 0.15) is 6.10 Å². The highest BCUT2D eigenvalue weighted by atomic mass is 16.5. The van der Waals surface area contributed by atoms with Crippen molar-refractivity contribution in [1.82, 2.24) is 0 Å². The van der Waals surface area contributed by atoms with E-state index in [1.807, 2.05) is 0 Å². The Balaban J connectivity index is 1.97. The number of carbonyl (C=O) groups is 1. The van der Waals surface area contributed by atoms with Crippen molar-refractivity contribution < 1.29 is 9.53 Å². The first-order chi connectivity index (χ1) is 6.71. The Morgan fingerprint density at radius 3 is 3.00 bits per heavy atom. The number of esters is 1. The van der Waals surface area contributed by atoms with Crippen LogP contribution in [-0.4, -0.2) is 12.1 Å². The van der Waals surface area contributed by atoms with Crippen molar-refractivity contribution in [2.75, 3.05) is 0 Å². The first kappa shape index (κ1) is 8.75. The Morgan fingerprint density at radius 1 is 1.36 bits per heavy atom. The molecule has 2 aliphatic heterocycles. The molecular weight excluding hydrogens is 176 g/mol. The third kappa shape index (κ3) is 1.12. The predicted octanol–water partition coefficient (Wildman–Crippen LogP) is 2.52. The van der Waals surface area contributed by atoms with E-state index < -0.39 is 0 Å². The molecule has 0 radical (unpaired) electrons. The second-order valence-electron chi connectivity index (χ2n) is 5.56. The van der Waals surface area contributed by atoms with Gasteiger partial charge in [-0.3, -0.25) is 4.79 Å².